The lowest BCUT2D eigenvalue weighted by molar-refractivity contribution is -0.119. The van der Waals surface area contributed by atoms with Gasteiger partial charge in [0.15, 0.2) is 0 Å². The number of anilines is 2. The third-order valence-corrected chi connectivity index (χ3v) is 3.66. The van der Waals surface area contributed by atoms with Gasteiger partial charge in [0.05, 0.1) is 12.7 Å². The lowest BCUT2D eigenvalue weighted by atomic mass is 10.00. The Balaban J connectivity index is 1.90. The molecule has 0 saturated carbocycles. The molecule has 5 nitrogen and oxygen atoms in total. The van der Waals surface area contributed by atoms with Crippen LogP contribution in [0.5, 0.6) is 0 Å². The number of benzene rings is 1. The summed E-state index contributed by atoms with van der Waals surface area (Å²) in [5, 5.41) is 4.25. The van der Waals surface area contributed by atoms with Crippen LogP contribution in [0.2, 0.25) is 0 Å². The Hall–Kier alpha value is -2.30. The van der Waals surface area contributed by atoms with Crippen molar-refractivity contribution in [3.8, 4) is 0 Å². The first-order chi connectivity index (χ1) is 9.67. The van der Waals surface area contributed by atoms with Gasteiger partial charge in [-0.25, -0.2) is 0 Å². The number of amides is 1. The van der Waals surface area contributed by atoms with Crippen molar-refractivity contribution in [2.75, 3.05) is 10.6 Å². The summed E-state index contributed by atoms with van der Waals surface area (Å²) < 4.78 is 1.87. The van der Waals surface area contributed by atoms with Gasteiger partial charge in [-0.15, -0.1) is 0 Å². The number of hydrogen-bond donors (Lipinski definition) is 1. The maximum atomic E-state index is 12.2. The number of nitrogens with two attached hydrogens (primary N) is 1. The van der Waals surface area contributed by atoms with Crippen molar-refractivity contribution in [3.05, 3.63) is 41.7 Å². The largest absolute Gasteiger partial charge is 0.399 e. The minimum Gasteiger partial charge on any atom is -0.399 e. The van der Waals surface area contributed by atoms with Gasteiger partial charge in [0.2, 0.25) is 5.91 Å². The summed E-state index contributed by atoms with van der Waals surface area (Å²) in [5.74, 6) is 0.159. The molecule has 0 unspecified atom stereocenters. The lowest BCUT2D eigenvalue weighted by Crippen LogP contribution is -2.34. The number of carbonyl (C=O) groups excluding carboxylic acids is 1. The van der Waals surface area contributed by atoms with Gasteiger partial charge in [0.1, 0.15) is 0 Å². The highest BCUT2D eigenvalue weighted by atomic mass is 16.2. The normalized spacial score (nSPS) is 14.4. The molecule has 2 N–H and O–H groups in total. The van der Waals surface area contributed by atoms with Crippen LogP contribution in [0.4, 0.5) is 11.4 Å². The van der Waals surface area contributed by atoms with E-state index >= 15 is 0 Å². The Kier molecular flexibility index (Phi) is 3.18. The minimum absolute atomic E-state index is 0.159. The zero-order chi connectivity index (χ0) is 14.1. The molecule has 0 saturated heterocycles. The first-order valence-electron chi connectivity index (χ1n) is 6.87. The average Bonchev–Trinajstić information content (AvgIpc) is 2.90. The second-order valence-electron chi connectivity index (χ2n) is 5.07. The summed E-state index contributed by atoms with van der Waals surface area (Å²) in [5.41, 5.74) is 9.73. The summed E-state index contributed by atoms with van der Waals surface area (Å²) >= 11 is 0. The summed E-state index contributed by atoms with van der Waals surface area (Å²) in [6, 6.07) is 5.75. The molecule has 1 amide bonds. The minimum atomic E-state index is 0.159. The molecule has 1 aromatic heterocycles. The number of nitrogens with zero attached hydrogens (tertiary/aromatic N) is 3. The molecule has 5 heteroatoms. The van der Waals surface area contributed by atoms with Crippen LogP contribution >= 0.6 is 0 Å². The van der Waals surface area contributed by atoms with Crippen molar-refractivity contribution in [2.24, 2.45) is 0 Å². The SMILES string of the molecule is CCn1cc(CN2C(=O)CCc3cc(N)ccc32)cn1. The fraction of sp³-hybridized carbons (Fsp3) is 0.333. The fourth-order valence-electron chi connectivity index (χ4n) is 2.60. The van der Waals surface area contributed by atoms with Crippen LogP contribution < -0.4 is 10.6 Å². The Labute approximate surface area is 118 Å². The molecule has 0 spiro atoms. The second-order valence-corrected chi connectivity index (χ2v) is 5.07. The number of fused-ring (bicyclic) bond motifs is 1. The van der Waals surface area contributed by atoms with Gasteiger partial charge in [-0.1, -0.05) is 0 Å². The van der Waals surface area contributed by atoms with Gasteiger partial charge in [-0.2, -0.15) is 5.10 Å². The zero-order valence-electron chi connectivity index (χ0n) is 11.5. The third kappa shape index (κ3) is 2.27. The second kappa shape index (κ2) is 5.00. The van der Waals surface area contributed by atoms with E-state index in [9.17, 15) is 4.79 Å². The van der Waals surface area contributed by atoms with Crippen molar-refractivity contribution >= 4 is 17.3 Å². The predicted octanol–water partition coefficient (Wildman–Crippen LogP) is 1.96. The van der Waals surface area contributed by atoms with Crippen LogP contribution in [0.1, 0.15) is 24.5 Å². The maximum absolute atomic E-state index is 12.2. The van der Waals surface area contributed by atoms with E-state index in [1.54, 1.807) is 0 Å². The summed E-state index contributed by atoms with van der Waals surface area (Å²) in [6.07, 6.45) is 5.11. The van der Waals surface area contributed by atoms with E-state index in [-0.39, 0.29) is 5.91 Å². The molecule has 1 aliphatic rings. The molecule has 1 aromatic carbocycles. The van der Waals surface area contributed by atoms with Gasteiger partial charge in [0, 0.05) is 36.1 Å². The van der Waals surface area contributed by atoms with Crippen LogP contribution in [0.25, 0.3) is 0 Å². The van der Waals surface area contributed by atoms with Crippen LogP contribution in [-0.4, -0.2) is 15.7 Å². The molecule has 0 atom stereocenters. The fourth-order valence-corrected chi connectivity index (χ4v) is 2.60. The first-order valence-corrected chi connectivity index (χ1v) is 6.87. The van der Waals surface area contributed by atoms with Crippen LogP contribution in [0.15, 0.2) is 30.6 Å². The highest BCUT2D eigenvalue weighted by molar-refractivity contribution is 5.96. The molecule has 1 aliphatic heterocycles. The van der Waals surface area contributed by atoms with Crippen LogP contribution in [0.3, 0.4) is 0 Å². The van der Waals surface area contributed by atoms with Crippen molar-refractivity contribution < 1.29 is 4.79 Å². The first kappa shape index (κ1) is 12.7. The van der Waals surface area contributed by atoms with Gasteiger partial charge in [-0.3, -0.25) is 9.48 Å². The van der Waals surface area contributed by atoms with Crippen LogP contribution in [0, 0.1) is 0 Å². The van der Waals surface area contributed by atoms with E-state index in [0.29, 0.717) is 13.0 Å². The molecule has 0 aliphatic carbocycles. The summed E-state index contributed by atoms with van der Waals surface area (Å²) in [7, 11) is 0. The van der Waals surface area contributed by atoms with Crippen molar-refractivity contribution in [1.29, 1.82) is 0 Å². The smallest absolute Gasteiger partial charge is 0.227 e. The number of aromatic nitrogens is 2. The monoisotopic (exact) mass is 270 g/mol. The van der Waals surface area contributed by atoms with Crippen LogP contribution in [-0.2, 0) is 24.3 Å². The zero-order valence-corrected chi connectivity index (χ0v) is 11.5. The van der Waals surface area contributed by atoms with Gasteiger partial charge < -0.3 is 10.6 Å². The molecule has 2 heterocycles. The number of aryl methyl sites for hydroxylation is 2. The maximum Gasteiger partial charge on any atom is 0.227 e. The Morgan fingerprint density at radius 3 is 2.95 bits per heavy atom. The van der Waals surface area contributed by atoms with E-state index < -0.39 is 0 Å². The molecule has 2 aromatic rings. The van der Waals surface area contributed by atoms with E-state index in [2.05, 4.69) is 5.10 Å². The average molecular weight is 270 g/mol. The summed E-state index contributed by atoms with van der Waals surface area (Å²) in [6.45, 7) is 3.44. The van der Waals surface area contributed by atoms with E-state index in [0.717, 1.165) is 35.5 Å². The lowest BCUT2D eigenvalue weighted by Gasteiger charge is -2.29. The van der Waals surface area contributed by atoms with E-state index in [1.165, 1.54) is 0 Å². The highest BCUT2D eigenvalue weighted by Gasteiger charge is 2.24. The predicted molar refractivity (Wildman–Crippen MR) is 78.3 cm³/mol. The number of rotatable bonds is 3. The highest BCUT2D eigenvalue weighted by Crippen LogP contribution is 2.30. The summed E-state index contributed by atoms with van der Waals surface area (Å²) in [4.78, 5) is 14.0. The molecule has 20 heavy (non-hydrogen) atoms. The molecule has 104 valence electrons. The molecular weight excluding hydrogens is 252 g/mol. The number of carbonyl (C=O) groups is 1. The van der Waals surface area contributed by atoms with Crippen molar-refractivity contribution in [3.63, 3.8) is 0 Å². The van der Waals surface area contributed by atoms with Crippen molar-refractivity contribution in [1.82, 2.24) is 9.78 Å². The molecule has 0 fully saturated rings. The number of hydrogen-bond acceptors (Lipinski definition) is 3. The topological polar surface area (TPSA) is 64.2 Å². The Morgan fingerprint density at radius 1 is 1.35 bits per heavy atom. The standard InChI is InChI=1S/C15H18N4O/c1-2-18-9-11(8-17-18)10-19-14-5-4-13(16)7-12(14)3-6-15(19)20/h4-5,7-9H,2-3,6,10,16H2,1H3. The Morgan fingerprint density at radius 2 is 2.20 bits per heavy atom. The molecule has 0 bridgehead atoms. The Bertz CT molecular complexity index is 647. The van der Waals surface area contributed by atoms with E-state index in [1.807, 2.05) is 47.1 Å². The van der Waals surface area contributed by atoms with Gasteiger partial charge >= 0.3 is 0 Å². The van der Waals surface area contributed by atoms with Gasteiger partial charge in [0.25, 0.3) is 0 Å². The molecule has 0 radical (unpaired) electrons. The third-order valence-electron chi connectivity index (χ3n) is 3.66. The van der Waals surface area contributed by atoms with Crippen molar-refractivity contribution in [2.45, 2.75) is 32.9 Å². The molecular formula is C15H18N4O. The van der Waals surface area contributed by atoms with Gasteiger partial charge in [-0.05, 0) is 37.1 Å². The quantitative estimate of drug-likeness (QED) is 0.867. The molecule has 3 rings (SSSR count). The number of nitrogen functional groups attached to an aromatic ring is 1. The van der Waals surface area contributed by atoms with E-state index in [4.69, 9.17) is 5.73 Å².